The Hall–Kier alpha value is -3.36. The van der Waals surface area contributed by atoms with E-state index in [1.54, 1.807) is 17.4 Å². The lowest BCUT2D eigenvalue weighted by Crippen LogP contribution is -2.33. The number of amides is 2. The minimum absolute atomic E-state index is 0.0727. The number of nitrogens with one attached hydrogen (secondary N) is 2. The summed E-state index contributed by atoms with van der Waals surface area (Å²) in [4.78, 5) is 25.0. The highest BCUT2D eigenvalue weighted by atomic mass is 32.1. The molecule has 27 heavy (non-hydrogen) atoms. The number of carbonyl (C=O) groups is 2. The molecular formula is C22H18N2O2S. The van der Waals surface area contributed by atoms with E-state index >= 15 is 0 Å². The molecule has 0 unspecified atom stereocenters. The molecule has 4 nitrogen and oxygen atoms in total. The lowest BCUT2D eigenvalue weighted by atomic mass is 10.1. The van der Waals surface area contributed by atoms with Gasteiger partial charge < -0.3 is 10.6 Å². The van der Waals surface area contributed by atoms with Gasteiger partial charge in [0.1, 0.15) is 0 Å². The minimum atomic E-state index is -0.278. The molecule has 134 valence electrons. The standard InChI is InChI=1S/C22H18N2O2S/c25-21(15-17-6-2-1-3-7-17)23-16-22(26)24-19-9-4-8-18(14-19)11-12-20-10-5-13-27-20/h1-10,13-14H,15-16H2,(H,23,25)(H,24,26). The van der Waals surface area contributed by atoms with Gasteiger partial charge in [-0.15, -0.1) is 11.3 Å². The van der Waals surface area contributed by atoms with Crippen molar-refractivity contribution in [2.24, 2.45) is 0 Å². The quantitative estimate of drug-likeness (QED) is 0.672. The van der Waals surface area contributed by atoms with E-state index in [0.717, 1.165) is 16.0 Å². The van der Waals surface area contributed by atoms with E-state index in [2.05, 4.69) is 22.5 Å². The van der Waals surface area contributed by atoms with Crippen molar-refractivity contribution in [3.05, 3.63) is 88.1 Å². The highest BCUT2D eigenvalue weighted by Gasteiger charge is 2.07. The molecule has 0 bridgehead atoms. The molecule has 3 rings (SSSR count). The van der Waals surface area contributed by atoms with Gasteiger partial charge in [-0.3, -0.25) is 9.59 Å². The first-order valence-corrected chi connectivity index (χ1v) is 9.33. The van der Waals surface area contributed by atoms with E-state index in [9.17, 15) is 9.59 Å². The molecule has 0 saturated heterocycles. The Morgan fingerprint density at radius 3 is 2.52 bits per heavy atom. The highest BCUT2D eigenvalue weighted by molar-refractivity contribution is 7.10. The van der Waals surface area contributed by atoms with Gasteiger partial charge >= 0.3 is 0 Å². The zero-order valence-corrected chi connectivity index (χ0v) is 15.4. The van der Waals surface area contributed by atoms with Crippen molar-refractivity contribution < 1.29 is 9.59 Å². The third-order valence-corrected chi connectivity index (χ3v) is 4.44. The molecular weight excluding hydrogens is 356 g/mol. The summed E-state index contributed by atoms with van der Waals surface area (Å²) in [6, 6.07) is 20.6. The Kier molecular flexibility index (Phi) is 6.40. The first-order chi connectivity index (χ1) is 13.2. The van der Waals surface area contributed by atoms with Crippen molar-refractivity contribution in [1.29, 1.82) is 0 Å². The molecule has 2 amide bonds. The van der Waals surface area contributed by atoms with Crippen molar-refractivity contribution in [3.8, 4) is 11.8 Å². The Balaban J connectivity index is 1.50. The maximum absolute atomic E-state index is 12.1. The van der Waals surface area contributed by atoms with Gasteiger partial charge in [0.25, 0.3) is 0 Å². The van der Waals surface area contributed by atoms with Crippen LogP contribution in [0.25, 0.3) is 0 Å². The molecule has 0 radical (unpaired) electrons. The van der Waals surface area contributed by atoms with Gasteiger partial charge in [-0.2, -0.15) is 0 Å². The van der Waals surface area contributed by atoms with Gasteiger partial charge in [-0.25, -0.2) is 0 Å². The summed E-state index contributed by atoms with van der Waals surface area (Å²) in [7, 11) is 0. The second-order valence-corrected chi connectivity index (χ2v) is 6.74. The Morgan fingerprint density at radius 1 is 0.889 bits per heavy atom. The van der Waals surface area contributed by atoms with Crippen LogP contribution in [0.1, 0.15) is 16.0 Å². The molecule has 0 saturated carbocycles. The van der Waals surface area contributed by atoms with Gasteiger partial charge in [0.2, 0.25) is 11.8 Å². The third-order valence-electron chi connectivity index (χ3n) is 3.65. The van der Waals surface area contributed by atoms with Gasteiger partial charge in [0.15, 0.2) is 0 Å². The molecule has 3 aromatic rings. The van der Waals surface area contributed by atoms with E-state index in [-0.39, 0.29) is 24.8 Å². The monoisotopic (exact) mass is 374 g/mol. The topological polar surface area (TPSA) is 58.2 Å². The van der Waals surface area contributed by atoms with Crippen molar-refractivity contribution in [2.75, 3.05) is 11.9 Å². The van der Waals surface area contributed by atoms with Crippen LogP contribution in [0.15, 0.2) is 72.1 Å². The van der Waals surface area contributed by atoms with Crippen LogP contribution < -0.4 is 10.6 Å². The average molecular weight is 374 g/mol. The van der Waals surface area contributed by atoms with Crippen molar-refractivity contribution in [3.63, 3.8) is 0 Å². The molecule has 2 aromatic carbocycles. The van der Waals surface area contributed by atoms with Crippen LogP contribution >= 0.6 is 11.3 Å². The van der Waals surface area contributed by atoms with Gasteiger partial charge in [0.05, 0.1) is 17.8 Å². The summed E-state index contributed by atoms with van der Waals surface area (Å²) in [5.41, 5.74) is 2.37. The van der Waals surface area contributed by atoms with Gasteiger partial charge in [-0.05, 0) is 35.2 Å². The van der Waals surface area contributed by atoms with Crippen LogP contribution in [0, 0.1) is 11.8 Å². The first-order valence-electron chi connectivity index (χ1n) is 8.45. The fraction of sp³-hybridized carbons (Fsp3) is 0.0909. The van der Waals surface area contributed by atoms with E-state index in [1.165, 1.54) is 0 Å². The molecule has 0 fully saturated rings. The summed E-state index contributed by atoms with van der Waals surface area (Å²) in [6.45, 7) is -0.0727. The maximum Gasteiger partial charge on any atom is 0.243 e. The largest absolute Gasteiger partial charge is 0.347 e. The number of anilines is 1. The summed E-state index contributed by atoms with van der Waals surface area (Å²) < 4.78 is 0. The Bertz CT molecular complexity index is 970. The summed E-state index contributed by atoms with van der Waals surface area (Å²) >= 11 is 1.58. The molecule has 0 spiro atoms. The molecule has 1 heterocycles. The molecule has 0 aliphatic heterocycles. The number of hydrogen-bond acceptors (Lipinski definition) is 3. The number of rotatable bonds is 5. The predicted molar refractivity (Wildman–Crippen MR) is 109 cm³/mol. The summed E-state index contributed by atoms with van der Waals surface area (Å²) in [5, 5.41) is 7.39. The lowest BCUT2D eigenvalue weighted by molar-refractivity contribution is -0.123. The van der Waals surface area contributed by atoms with Crippen LogP contribution in [0.3, 0.4) is 0 Å². The van der Waals surface area contributed by atoms with E-state index in [0.29, 0.717) is 5.69 Å². The third kappa shape index (κ3) is 6.14. The zero-order valence-electron chi connectivity index (χ0n) is 14.6. The number of carbonyl (C=O) groups excluding carboxylic acids is 2. The van der Waals surface area contributed by atoms with Crippen LogP contribution in [-0.4, -0.2) is 18.4 Å². The van der Waals surface area contributed by atoms with Crippen molar-refractivity contribution >= 4 is 28.8 Å². The molecule has 0 aliphatic rings. The summed E-state index contributed by atoms with van der Waals surface area (Å²) in [5.74, 6) is 5.70. The van der Waals surface area contributed by atoms with Crippen LogP contribution in [0.5, 0.6) is 0 Å². The fourth-order valence-electron chi connectivity index (χ4n) is 2.39. The number of thiophene rings is 1. The normalized spacial score (nSPS) is 9.78. The van der Waals surface area contributed by atoms with Crippen molar-refractivity contribution in [1.82, 2.24) is 5.32 Å². The van der Waals surface area contributed by atoms with Crippen molar-refractivity contribution in [2.45, 2.75) is 6.42 Å². The second kappa shape index (κ2) is 9.37. The smallest absolute Gasteiger partial charge is 0.243 e. The van der Waals surface area contributed by atoms with Crippen LogP contribution in [0.4, 0.5) is 5.69 Å². The zero-order chi connectivity index (χ0) is 18.9. The predicted octanol–water partition coefficient (Wildman–Crippen LogP) is 3.45. The van der Waals surface area contributed by atoms with Gasteiger partial charge in [0, 0.05) is 11.3 Å². The Labute approximate surface area is 162 Å². The first kappa shape index (κ1) is 18.4. The average Bonchev–Trinajstić information content (AvgIpc) is 3.20. The SMILES string of the molecule is O=C(Cc1ccccc1)NCC(=O)Nc1cccc(C#Cc2cccs2)c1. The molecule has 5 heteroatoms. The Morgan fingerprint density at radius 2 is 1.74 bits per heavy atom. The highest BCUT2D eigenvalue weighted by Crippen LogP contribution is 2.11. The molecule has 2 N–H and O–H groups in total. The molecule has 1 aromatic heterocycles. The minimum Gasteiger partial charge on any atom is -0.347 e. The van der Waals surface area contributed by atoms with E-state index < -0.39 is 0 Å². The number of hydrogen-bond donors (Lipinski definition) is 2. The fourth-order valence-corrected chi connectivity index (χ4v) is 2.96. The van der Waals surface area contributed by atoms with Crippen LogP contribution in [0.2, 0.25) is 0 Å². The number of benzene rings is 2. The van der Waals surface area contributed by atoms with E-state index in [4.69, 9.17) is 0 Å². The van der Waals surface area contributed by atoms with Gasteiger partial charge in [-0.1, -0.05) is 54.3 Å². The summed E-state index contributed by atoms with van der Waals surface area (Å²) in [6.07, 6.45) is 0.252. The molecule has 0 atom stereocenters. The second-order valence-electron chi connectivity index (χ2n) is 5.80. The lowest BCUT2D eigenvalue weighted by Gasteiger charge is -2.07. The van der Waals surface area contributed by atoms with Crippen LogP contribution in [-0.2, 0) is 16.0 Å². The maximum atomic E-state index is 12.1. The van der Waals surface area contributed by atoms with E-state index in [1.807, 2.05) is 66.0 Å². The molecule has 0 aliphatic carbocycles.